The number of anilines is 1. The van der Waals surface area contributed by atoms with Crippen LogP contribution in [0.15, 0.2) is 53.1 Å². The molecular formula is C21H23N3O3. The van der Waals surface area contributed by atoms with Crippen molar-refractivity contribution in [2.24, 2.45) is 5.92 Å². The molecule has 0 saturated carbocycles. The number of nitrogens with zero attached hydrogens (tertiary/aromatic N) is 2. The monoisotopic (exact) mass is 365 g/mol. The first-order chi connectivity index (χ1) is 12.9. The number of carbonyl (C=O) groups is 2. The third kappa shape index (κ3) is 4.73. The highest BCUT2D eigenvalue weighted by Crippen LogP contribution is 2.17. The lowest BCUT2D eigenvalue weighted by Crippen LogP contribution is -2.40. The largest absolute Gasteiger partial charge is 0.360 e. The van der Waals surface area contributed by atoms with Gasteiger partial charge in [-0.05, 0) is 35.7 Å². The van der Waals surface area contributed by atoms with Gasteiger partial charge in [0.25, 0.3) is 5.91 Å². The van der Waals surface area contributed by atoms with E-state index in [0.717, 1.165) is 10.8 Å². The maximum Gasteiger partial charge on any atom is 0.254 e. The number of benzene rings is 2. The molecule has 0 spiro atoms. The fourth-order valence-electron chi connectivity index (χ4n) is 2.95. The molecule has 0 fully saturated rings. The molecule has 1 heterocycles. The number of hydrogen-bond acceptors (Lipinski definition) is 4. The summed E-state index contributed by atoms with van der Waals surface area (Å²) in [6.07, 6.45) is 0. The lowest BCUT2D eigenvalue weighted by Gasteiger charge is -2.24. The predicted molar refractivity (Wildman–Crippen MR) is 105 cm³/mol. The zero-order chi connectivity index (χ0) is 19.4. The number of aryl methyl sites for hydroxylation is 1. The van der Waals surface area contributed by atoms with E-state index in [9.17, 15) is 9.59 Å². The van der Waals surface area contributed by atoms with Gasteiger partial charge in [-0.2, -0.15) is 0 Å². The van der Waals surface area contributed by atoms with Gasteiger partial charge in [-0.3, -0.25) is 9.59 Å². The van der Waals surface area contributed by atoms with Crippen LogP contribution >= 0.6 is 0 Å². The van der Waals surface area contributed by atoms with Gasteiger partial charge in [0.15, 0.2) is 5.82 Å². The highest BCUT2D eigenvalue weighted by molar-refractivity contribution is 6.01. The van der Waals surface area contributed by atoms with Crippen LogP contribution in [0.3, 0.4) is 0 Å². The Labute approximate surface area is 158 Å². The highest BCUT2D eigenvalue weighted by Gasteiger charge is 2.20. The summed E-state index contributed by atoms with van der Waals surface area (Å²) in [5, 5.41) is 8.48. The fraction of sp³-hybridized carbons (Fsp3) is 0.286. The Morgan fingerprint density at radius 2 is 1.85 bits per heavy atom. The van der Waals surface area contributed by atoms with Crippen LogP contribution in [-0.4, -0.2) is 35.0 Å². The van der Waals surface area contributed by atoms with Crippen LogP contribution in [0.2, 0.25) is 0 Å². The van der Waals surface area contributed by atoms with Crippen LogP contribution in [0.5, 0.6) is 0 Å². The van der Waals surface area contributed by atoms with Gasteiger partial charge in [0.05, 0.1) is 0 Å². The topological polar surface area (TPSA) is 75.4 Å². The second-order valence-electron chi connectivity index (χ2n) is 7.01. The molecule has 2 amide bonds. The maximum atomic E-state index is 13.0. The van der Waals surface area contributed by atoms with Crippen LogP contribution in [0, 0.1) is 12.8 Å². The van der Waals surface area contributed by atoms with Gasteiger partial charge in [0.1, 0.15) is 12.3 Å². The van der Waals surface area contributed by atoms with Crippen molar-refractivity contribution in [3.63, 3.8) is 0 Å². The molecule has 1 aromatic heterocycles. The quantitative estimate of drug-likeness (QED) is 0.719. The van der Waals surface area contributed by atoms with E-state index in [1.807, 2.05) is 50.2 Å². The number of amides is 2. The Hall–Kier alpha value is -3.15. The molecule has 0 saturated heterocycles. The van der Waals surface area contributed by atoms with E-state index in [0.29, 0.717) is 23.7 Å². The maximum absolute atomic E-state index is 13.0. The van der Waals surface area contributed by atoms with Crippen LogP contribution in [0.1, 0.15) is 30.0 Å². The normalized spacial score (nSPS) is 11.0. The molecule has 1 N–H and O–H groups in total. The molecule has 0 radical (unpaired) electrons. The van der Waals surface area contributed by atoms with Gasteiger partial charge in [0, 0.05) is 18.2 Å². The van der Waals surface area contributed by atoms with E-state index >= 15 is 0 Å². The Morgan fingerprint density at radius 1 is 1.11 bits per heavy atom. The Balaban J connectivity index is 1.77. The summed E-state index contributed by atoms with van der Waals surface area (Å²) in [6.45, 7) is 6.21. The number of carbonyl (C=O) groups excluding carboxylic acids is 2. The van der Waals surface area contributed by atoms with Crippen molar-refractivity contribution < 1.29 is 14.1 Å². The summed E-state index contributed by atoms with van der Waals surface area (Å²) >= 11 is 0. The number of hydrogen-bond donors (Lipinski definition) is 1. The zero-order valence-corrected chi connectivity index (χ0v) is 15.7. The highest BCUT2D eigenvalue weighted by atomic mass is 16.5. The minimum Gasteiger partial charge on any atom is -0.360 e. The van der Waals surface area contributed by atoms with Crippen molar-refractivity contribution in [1.82, 2.24) is 10.1 Å². The molecule has 0 atom stereocenters. The van der Waals surface area contributed by atoms with E-state index in [1.54, 1.807) is 24.0 Å². The standard InChI is InChI=1S/C21H23N3O3/c1-14(2)12-24(13-20(25)22-19-10-15(3)27-23-19)21(26)18-9-8-16-6-4-5-7-17(16)11-18/h4-11,14H,12-13H2,1-3H3,(H,22,23,25). The van der Waals surface area contributed by atoms with E-state index in [4.69, 9.17) is 4.52 Å². The second-order valence-corrected chi connectivity index (χ2v) is 7.01. The molecule has 3 rings (SSSR count). The molecule has 0 aliphatic carbocycles. The fourth-order valence-corrected chi connectivity index (χ4v) is 2.95. The number of fused-ring (bicyclic) bond motifs is 1. The average Bonchev–Trinajstić information content (AvgIpc) is 3.04. The molecular weight excluding hydrogens is 342 g/mol. The number of aromatic nitrogens is 1. The van der Waals surface area contributed by atoms with E-state index in [-0.39, 0.29) is 24.3 Å². The van der Waals surface area contributed by atoms with Crippen molar-refractivity contribution >= 4 is 28.4 Å². The molecule has 6 heteroatoms. The van der Waals surface area contributed by atoms with E-state index in [1.165, 1.54) is 0 Å². The second kappa shape index (κ2) is 8.03. The number of nitrogens with one attached hydrogen (secondary N) is 1. The van der Waals surface area contributed by atoms with Crippen molar-refractivity contribution in [1.29, 1.82) is 0 Å². The average molecular weight is 365 g/mol. The van der Waals surface area contributed by atoms with Crippen molar-refractivity contribution in [3.05, 3.63) is 59.9 Å². The third-order valence-electron chi connectivity index (χ3n) is 4.10. The summed E-state index contributed by atoms with van der Waals surface area (Å²) in [5.74, 6) is 0.715. The van der Waals surface area contributed by atoms with Gasteiger partial charge in [-0.1, -0.05) is 49.3 Å². The van der Waals surface area contributed by atoms with Crippen LogP contribution in [-0.2, 0) is 4.79 Å². The molecule has 3 aromatic rings. The number of rotatable bonds is 6. The lowest BCUT2D eigenvalue weighted by molar-refractivity contribution is -0.117. The summed E-state index contributed by atoms with van der Waals surface area (Å²) < 4.78 is 4.95. The van der Waals surface area contributed by atoms with Gasteiger partial charge in [0.2, 0.25) is 5.91 Å². The summed E-state index contributed by atoms with van der Waals surface area (Å²) in [4.78, 5) is 27.0. The Morgan fingerprint density at radius 3 is 2.52 bits per heavy atom. The summed E-state index contributed by atoms with van der Waals surface area (Å²) in [7, 11) is 0. The minimum atomic E-state index is -0.307. The molecule has 0 aliphatic rings. The minimum absolute atomic E-state index is 0.0459. The predicted octanol–water partition coefficient (Wildman–Crippen LogP) is 3.87. The molecule has 2 aromatic carbocycles. The Bertz CT molecular complexity index is 962. The first kappa shape index (κ1) is 18.6. The summed E-state index contributed by atoms with van der Waals surface area (Å²) in [5.41, 5.74) is 0.569. The molecule has 6 nitrogen and oxygen atoms in total. The Kier molecular flexibility index (Phi) is 5.54. The molecule has 27 heavy (non-hydrogen) atoms. The van der Waals surface area contributed by atoms with Crippen LogP contribution in [0.4, 0.5) is 5.82 Å². The van der Waals surface area contributed by atoms with Gasteiger partial charge in [-0.15, -0.1) is 0 Å². The van der Waals surface area contributed by atoms with Crippen molar-refractivity contribution in [2.45, 2.75) is 20.8 Å². The van der Waals surface area contributed by atoms with Gasteiger partial charge in [-0.25, -0.2) is 0 Å². The lowest BCUT2D eigenvalue weighted by atomic mass is 10.1. The van der Waals surface area contributed by atoms with Gasteiger partial charge >= 0.3 is 0 Å². The van der Waals surface area contributed by atoms with Crippen LogP contribution in [0.25, 0.3) is 10.8 Å². The molecule has 0 unspecified atom stereocenters. The van der Waals surface area contributed by atoms with E-state index < -0.39 is 0 Å². The van der Waals surface area contributed by atoms with Crippen molar-refractivity contribution in [3.8, 4) is 0 Å². The molecule has 0 aliphatic heterocycles. The first-order valence-corrected chi connectivity index (χ1v) is 8.93. The first-order valence-electron chi connectivity index (χ1n) is 8.93. The third-order valence-corrected chi connectivity index (χ3v) is 4.10. The molecule has 140 valence electrons. The van der Waals surface area contributed by atoms with Crippen molar-refractivity contribution in [2.75, 3.05) is 18.4 Å². The van der Waals surface area contributed by atoms with Crippen LogP contribution < -0.4 is 5.32 Å². The molecule has 0 bridgehead atoms. The zero-order valence-electron chi connectivity index (χ0n) is 15.7. The van der Waals surface area contributed by atoms with E-state index in [2.05, 4.69) is 10.5 Å². The SMILES string of the molecule is Cc1cc(NC(=O)CN(CC(C)C)C(=O)c2ccc3ccccc3c2)no1. The van der Waals surface area contributed by atoms with Gasteiger partial charge < -0.3 is 14.7 Å². The summed E-state index contributed by atoms with van der Waals surface area (Å²) in [6, 6.07) is 15.1. The smallest absolute Gasteiger partial charge is 0.254 e.